The van der Waals surface area contributed by atoms with E-state index in [9.17, 15) is 18.5 Å². The van der Waals surface area contributed by atoms with Crippen LogP contribution >= 0.6 is 11.8 Å². The molecule has 0 N–H and O–H groups in total. The van der Waals surface area contributed by atoms with E-state index in [1.165, 1.54) is 46.6 Å². The third-order valence-electron chi connectivity index (χ3n) is 3.29. The van der Waals surface area contributed by atoms with Gasteiger partial charge in [0.05, 0.1) is 16.1 Å². The smallest absolute Gasteiger partial charge is 0.269 e. The van der Waals surface area contributed by atoms with Gasteiger partial charge in [0.1, 0.15) is 11.1 Å². The van der Waals surface area contributed by atoms with E-state index in [4.69, 9.17) is 4.42 Å². The Morgan fingerprint density at radius 1 is 1.27 bits per heavy atom. The van der Waals surface area contributed by atoms with Gasteiger partial charge in [-0.1, -0.05) is 0 Å². The number of benzene rings is 1. The summed E-state index contributed by atoms with van der Waals surface area (Å²) >= 11 is 1.48. The number of nitrogens with zero attached hydrogens (tertiary/aromatic N) is 2. The number of non-ortho nitro benzene ring substituents is 1. The quantitative estimate of drug-likeness (QED) is 0.627. The number of rotatable bonds is 4. The number of hydrogen-bond donors (Lipinski definition) is 0. The van der Waals surface area contributed by atoms with E-state index in [0.29, 0.717) is 18.1 Å². The SMILES string of the molecule is O=[N+]([O-])c1ccc(S(=O)(=O)N2CCS[C@H]2c2ccco2)cc1. The van der Waals surface area contributed by atoms with Crippen LogP contribution in [0, 0.1) is 10.1 Å². The first-order valence-electron chi connectivity index (χ1n) is 6.41. The Morgan fingerprint density at radius 3 is 2.59 bits per heavy atom. The fourth-order valence-corrected chi connectivity index (χ4v) is 5.40. The van der Waals surface area contributed by atoms with Crippen molar-refractivity contribution in [3.63, 3.8) is 0 Å². The minimum Gasteiger partial charge on any atom is -0.467 e. The summed E-state index contributed by atoms with van der Waals surface area (Å²) in [5, 5.41) is 10.2. The van der Waals surface area contributed by atoms with Gasteiger partial charge in [-0.15, -0.1) is 11.8 Å². The van der Waals surface area contributed by atoms with Crippen molar-refractivity contribution in [1.29, 1.82) is 0 Å². The lowest BCUT2D eigenvalue weighted by atomic mass is 10.3. The largest absolute Gasteiger partial charge is 0.467 e. The molecule has 1 saturated heterocycles. The second kappa shape index (κ2) is 5.75. The molecule has 1 aliphatic rings. The molecule has 1 atom stereocenters. The number of hydrogen-bond acceptors (Lipinski definition) is 6. The van der Waals surface area contributed by atoms with Crippen molar-refractivity contribution >= 4 is 27.5 Å². The van der Waals surface area contributed by atoms with Gasteiger partial charge in [-0.3, -0.25) is 10.1 Å². The molecule has 3 rings (SSSR count). The Bertz CT molecular complexity index is 771. The maximum absolute atomic E-state index is 12.7. The molecular weight excluding hydrogens is 328 g/mol. The number of furan rings is 1. The van der Waals surface area contributed by atoms with Crippen LogP contribution in [0.1, 0.15) is 11.1 Å². The van der Waals surface area contributed by atoms with E-state index in [1.807, 2.05) is 0 Å². The zero-order valence-electron chi connectivity index (χ0n) is 11.3. The van der Waals surface area contributed by atoms with Crippen molar-refractivity contribution in [3.8, 4) is 0 Å². The first-order valence-corrected chi connectivity index (χ1v) is 8.90. The Balaban J connectivity index is 1.93. The van der Waals surface area contributed by atoms with Gasteiger partial charge < -0.3 is 4.42 Å². The summed E-state index contributed by atoms with van der Waals surface area (Å²) in [5.41, 5.74) is -0.141. The maximum atomic E-state index is 12.7. The molecule has 9 heteroatoms. The van der Waals surface area contributed by atoms with Crippen LogP contribution in [0.3, 0.4) is 0 Å². The zero-order valence-corrected chi connectivity index (χ0v) is 12.9. The standard InChI is InChI=1S/C13H12N2O5S2/c16-15(17)10-3-5-11(6-4-10)22(18,19)14-7-9-21-13(14)12-2-1-8-20-12/h1-6,8,13H,7,9H2/t13-/m0/s1. The fraction of sp³-hybridized carbons (Fsp3) is 0.231. The molecule has 0 unspecified atom stereocenters. The molecule has 0 amide bonds. The van der Waals surface area contributed by atoms with Crippen LogP contribution < -0.4 is 0 Å². The Hall–Kier alpha value is -1.84. The van der Waals surface area contributed by atoms with E-state index >= 15 is 0 Å². The molecule has 1 aromatic heterocycles. The maximum Gasteiger partial charge on any atom is 0.269 e. The van der Waals surface area contributed by atoms with Gasteiger partial charge in [0.15, 0.2) is 0 Å². The van der Waals surface area contributed by atoms with E-state index in [2.05, 4.69) is 0 Å². The van der Waals surface area contributed by atoms with Crippen LogP contribution in [0.2, 0.25) is 0 Å². The van der Waals surface area contributed by atoms with Crippen molar-refractivity contribution in [2.45, 2.75) is 10.3 Å². The second-order valence-corrected chi connectivity index (χ2v) is 7.68. The minimum absolute atomic E-state index is 0.0390. The summed E-state index contributed by atoms with van der Waals surface area (Å²) in [5.74, 6) is 1.24. The van der Waals surface area contributed by atoms with E-state index < -0.39 is 20.3 Å². The lowest BCUT2D eigenvalue weighted by Gasteiger charge is -2.21. The molecule has 1 fully saturated rings. The molecule has 0 spiro atoms. The first-order chi connectivity index (χ1) is 10.5. The van der Waals surface area contributed by atoms with Gasteiger partial charge in [0, 0.05) is 24.4 Å². The van der Waals surface area contributed by atoms with Crippen molar-refractivity contribution in [1.82, 2.24) is 4.31 Å². The van der Waals surface area contributed by atoms with Gasteiger partial charge in [-0.05, 0) is 24.3 Å². The third kappa shape index (κ3) is 2.62. The highest BCUT2D eigenvalue weighted by molar-refractivity contribution is 8.00. The lowest BCUT2D eigenvalue weighted by Crippen LogP contribution is -2.30. The highest BCUT2D eigenvalue weighted by atomic mass is 32.2. The van der Waals surface area contributed by atoms with Crippen LogP contribution in [-0.2, 0) is 10.0 Å². The normalized spacial score (nSPS) is 19.4. The van der Waals surface area contributed by atoms with Gasteiger partial charge in [0.2, 0.25) is 10.0 Å². The summed E-state index contributed by atoms with van der Waals surface area (Å²) < 4.78 is 32.1. The first kappa shape index (κ1) is 15.1. The molecule has 7 nitrogen and oxygen atoms in total. The molecule has 0 radical (unpaired) electrons. The number of nitro groups is 1. The lowest BCUT2D eigenvalue weighted by molar-refractivity contribution is -0.384. The third-order valence-corrected chi connectivity index (χ3v) is 6.52. The van der Waals surface area contributed by atoms with Gasteiger partial charge in [-0.25, -0.2) is 8.42 Å². The predicted molar refractivity (Wildman–Crippen MR) is 80.9 cm³/mol. The molecule has 0 bridgehead atoms. The van der Waals surface area contributed by atoms with Crippen LogP contribution in [0.25, 0.3) is 0 Å². The Labute approximate surface area is 131 Å². The van der Waals surface area contributed by atoms with Crippen molar-refractivity contribution in [2.75, 3.05) is 12.3 Å². The average molecular weight is 340 g/mol. The zero-order chi connectivity index (χ0) is 15.7. The predicted octanol–water partition coefficient (Wildman–Crippen LogP) is 2.62. The van der Waals surface area contributed by atoms with E-state index in [0.717, 1.165) is 0 Å². The van der Waals surface area contributed by atoms with Gasteiger partial charge in [-0.2, -0.15) is 4.31 Å². The summed E-state index contributed by atoms with van der Waals surface area (Å²) in [7, 11) is -3.73. The number of thioether (sulfide) groups is 1. The summed E-state index contributed by atoms with van der Waals surface area (Å²) in [6.07, 6.45) is 1.50. The minimum atomic E-state index is -3.73. The topological polar surface area (TPSA) is 93.7 Å². The van der Waals surface area contributed by atoms with Crippen LogP contribution in [-0.4, -0.2) is 29.9 Å². The molecule has 2 aromatic rings. The van der Waals surface area contributed by atoms with Gasteiger partial charge in [0.25, 0.3) is 5.69 Å². The molecule has 0 saturated carbocycles. The van der Waals surface area contributed by atoms with Crippen LogP contribution in [0.15, 0.2) is 52.0 Å². The molecular formula is C13H12N2O5S2. The molecule has 1 aliphatic heterocycles. The van der Waals surface area contributed by atoms with E-state index in [-0.39, 0.29) is 10.6 Å². The number of sulfonamides is 1. The number of nitro benzene ring substituents is 1. The van der Waals surface area contributed by atoms with E-state index in [1.54, 1.807) is 12.1 Å². The van der Waals surface area contributed by atoms with Gasteiger partial charge >= 0.3 is 0 Å². The summed E-state index contributed by atoms with van der Waals surface area (Å²) in [4.78, 5) is 10.1. The monoisotopic (exact) mass is 340 g/mol. The van der Waals surface area contributed by atoms with Crippen molar-refractivity contribution in [3.05, 3.63) is 58.5 Å². The van der Waals surface area contributed by atoms with Crippen molar-refractivity contribution in [2.24, 2.45) is 0 Å². The highest BCUT2D eigenvalue weighted by Crippen LogP contribution is 2.41. The Morgan fingerprint density at radius 2 is 2.00 bits per heavy atom. The summed E-state index contributed by atoms with van der Waals surface area (Å²) in [6, 6.07) is 8.35. The fourth-order valence-electron chi connectivity index (χ4n) is 2.23. The second-order valence-electron chi connectivity index (χ2n) is 4.61. The molecule has 2 heterocycles. The Kier molecular flexibility index (Phi) is 3.94. The van der Waals surface area contributed by atoms with Crippen LogP contribution in [0.4, 0.5) is 5.69 Å². The van der Waals surface area contributed by atoms with Crippen LogP contribution in [0.5, 0.6) is 0 Å². The summed E-state index contributed by atoms with van der Waals surface area (Å²) in [6.45, 7) is 0.370. The molecule has 0 aliphatic carbocycles. The molecule has 22 heavy (non-hydrogen) atoms. The van der Waals surface area contributed by atoms with Crippen molar-refractivity contribution < 1.29 is 17.8 Å². The molecule has 116 valence electrons. The average Bonchev–Trinajstić information content (AvgIpc) is 3.18. The highest BCUT2D eigenvalue weighted by Gasteiger charge is 2.38. The molecule has 1 aromatic carbocycles.